The van der Waals surface area contributed by atoms with E-state index in [0.717, 1.165) is 53.4 Å². The average Bonchev–Trinajstić information content (AvgIpc) is 3.51. The smallest absolute Gasteiger partial charge is 0.253 e. The lowest BCUT2D eigenvalue weighted by molar-refractivity contribution is 0.0827. The Labute approximate surface area is 222 Å². The Bertz CT molecular complexity index is 1550. The van der Waals surface area contributed by atoms with E-state index < -0.39 is 0 Å². The maximum absolute atomic E-state index is 12.2. The van der Waals surface area contributed by atoms with Crippen molar-refractivity contribution in [2.24, 2.45) is 0 Å². The van der Waals surface area contributed by atoms with Crippen LogP contribution in [-0.4, -0.2) is 67.0 Å². The molecule has 1 saturated carbocycles. The van der Waals surface area contributed by atoms with Crippen LogP contribution in [0.2, 0.25) is 0 Å². The Balaban J connectivity index is 1.29. The molecule has 1 aliphatic carbocycles. The number of fused-ring (bicyclic) bond motifs is 1. The molecule has 0 N–H and O–H groups in total. The van der Waals surface area contributed by atoms with E-state index in [2.05, 4.69) is 40.0 Å². The zero-order valence-electron chi connectivity index (χ0n) is 22.0. The molecule has 1 aliphatic heterocycles. The quantitative estimate of drug-likeness (QED) is 0.349. The molecule has 38 heavy (non-hydrogen) atoms. The van der Waals surface area contributed by atoms with Crippen LogP contribution in [0.5, 0.6) is 0 Å². The van der Waals surface area contributed by atoms with Crippen molar-refractivity contribution in [1.29, 1.82) is 5.26 Å². The fourth-order valence-electron chi connectivity index (χ4n) is 5.48. The summed E-state index contributed by atoms with van der Waals surface area (Å²) in [7, 11) is 5.72. The molecule has 1 amide bonds. The number of carbonyl (C=O) groups is 1. The minimum absolute atomic E-state index is 0.0405. The number of nitriles is 1. The number of furan rings is 1. The van der Waals surface area contributed by atoms with Gasteiger partial charge >= 0.3 is 0 Å². The fraction of sp³-hybridized carbons (Fsp3) is 0.323. The molecular weight excluding hydrogens is 474 g/mol. The number of nitrogens with zero attached hydrogens (tertiary/aromatic N) is 5. The number of hydrogen-bond donors (Lipinski definition) is 0. The minimum atomic E-state index is -0.0405. The summed E-state index contributed by atoms with van der Waals surface area (Å²) in [5.41, 5.74) is 6.43. The molecule has 0 spiro atoms. The second-order valence-corrected chi connectivity index (χ2v) is 10.6. The topological polar surface area (TPSA) is 76.6 Å². The second kappa shape index (κ2) is 9.62. The highest BCUT2D eigenvalue weighted by Crippen LogP contribution is 2.37. The Kier molecular flexibility index (Phi) is 6.13. The zero-order valence-corrected chi connectivity index (χ0v) is 22.0. The number of hydrogen-bond acceptors (Lipinski definition) is 6. The SMILES string of the molecule is CN(C)C(=O)c1ccc(-c2cc3nccc(-c4ccc(N5CCC(N(C)C6CC6)C5)c(C#N)c4)c3o2)cc1. The molecule has 6 rings (SSSR count). The van der Waals surface area contributed by atoms with Gasteiger partial charge < -0.3 is 14.2 Å². The molecule has 1 unspecified atom stereocenters. The van der Waals surface area contributed by atoms with Gasteiger partial charge in [0.25, 0.3) is 5.91 Å². The second-order valence-electron chi connectivity index (χ2n) is 10.6. The summed E-state index contributed by atoms with van der Waals surface area (Å²) in [6.45, 7) is 1.93. The van der Waals surface area contributed by atoms with E-state index in [1.54, 1.807) is 25.2 Å². The van der Waals surface area contributed by atoms with Gasteiger partial charge in [-0.15, -0.1) is 0 Å². The van der Waals surface area contributed by atoms with Gasteiger partial charge in [-0.25, -0.2) is 0 Å². The normalized spacial score (nSPS) is 17.2. The molecule has 1 atom stereocenters. The standard InChI is InChI=1S/C31H31N5O2/c1-34(2)31(37)21-6-4-20(5-7-21)29-17-27-30(38-29)26(12-14-33-27)22-8-11-28(23(16-22)18-32)36-15-13-25(19-36)35(3)24-9-10-24/h4-8,11-12,14,16-17,24-25H,9-10,13,15,19H2,1-3H3. The maximum Gasteiger partial charge on any atom is 0.253 e. The first-order valence-electron chi connectivity index (χ1n) is 13.1. The van der Waals surface area contributed by atoms with Crippen LogP contribution in [-0.2, 0) is 0 Å². The lowest BCUT2D eigenvalue weighted by Gasteiger charge is -2.25. The van der Waals surface area contributed by atoms with Gasteiger partial charge in [-0.3, -0.25) is 14.7 Å². The Morgan fingerprint density at radius 3 is 2.47 bits per heavy atom. The molecule has 2 aliphatic rings. The first kappa shape index (κ1) is 24.2. The van der Waals surface area contributed by atoms with E-state index in [-0.39, 0.29) is 5.91 Å². The van der Waals surface area contributed by atoms with Gasteiger partial charge in [0.2, 0.25) is 0 Å². The summed E-state index contributed by atoms with van der Waals surface area (Å²) in [6, 6.07) is 21.1. The summed E-state index contributed by atoms with van der Waals surface area (Å²) < 4.78 is 6.30. The lowest BCUT2D eigenvalue weighted by Crippen LogP contribution is -2.36. The Hall–Kier alpha value is -4.15. The summed E-state index contributed by atoms with van der Waals surface area (Å²) in [5, 5.41) is 10.0. The van der Waals surface area contributed by atoms with Crippen molar-refractivity contribution < 1.29 is 9.21 Å². The van der Waals surface area contributed by atoms with E-state index in [1.165, 1.54) is 12.8 Å². The monoisotopic (exact) mass is 505 g/mol. The van der Waals surface area contributed by atoms with Crippen molar-refractivity contribution in [1.82, 2.24) is 14.8 Å². The number of anilines is 1. The fourth-order valence-corrected chi connectivity index (χ4v) is 5.48. The number of benzene rings is 2. The molecule has 7 nitrogen and oxygen atoms in total. The largest absolute Gasteiger partial charge is 0.454 e. The molecule has 2 fully saturated rings. The van der Waals surface area contributed by atoms with Gasteiger partial charge in [-0.2, -0.15) is 5.26 Å². The first-order chi connectivity index (χ1) is 18.4. The van der Waals surface area contributed by atoms with Crippen molar-refractivity contribution in [2.75, 3.05) is 39.1 Å². The summed E-state index contributed by atoms with van der Waals surface area (Å²) in [5.74, 6) is 0.644. The first-order valence-corrected chi connectivity index (χ1v) is 13.1. The van der Waals surface area contributed by atoms with E-state index in [1.807, 2.05) is 42.5 Å². The molecule has 3 heterocycles. The average molecular weight is 506 g/mol. The summed E-state index contributed by atoms with van der Waals surface area (Å²) in [6.07, 6.45) is 5.52. The van der Waals surface area contributed by atoms with Crippen LogP contribution in [0.1, 0.15) is 35.2 Å². The Morgan fingerprint density at radius 1 is 1.00 bits per heavy atom. The highest BCUT2D eigenvalue weighted by atomic mass is 16.3. The van der Waals surface area contributed by atoms with E-state index in [4.69, 9.17) is 4.42 Å². The summed E-state index contributed by atoms with van der Waals surface area (Å²) >= 11 is 0. The molecule has 0 bridgehead atoms. The van der Waals surface area contributed by atoms with Crippen LogP contribution in [0.25, 0.3) is 33.6 Å². The van der Waals surface area contributed by atoms with Gasteiger partial charge in [0.05, 0.1) is 11.3 Å². The number of rotatable bonds is 6. The van der Waals surface area contributed by atoms with Crippen molar-refractivity contribution in [3.8, 4) is 28.5 Å². The van der Waals surface area contributed by atoms with Gasteiger partial charge in [0, 0.05) is 68.2 Å². The molecule has 0 radical (unpaired) electrons. The highest BCUT2D eigenvalue weighted by molar-refractivity contribution is 5.95. The van der Waals surface area contributed by atoms with Crippen molar-refractivity contribution in [3.63, 3.8) is 0 Å². The zero-order chi connectivity index (χ0) is 26.4. The van der Waals surface area contributed by atoms with Gasteiger partial charge in [-0.05, 0) is 62.2 Å². The highest BCUT2D eigenvalue weighted by Gasteiger charge is 2.35. The molecule has 1 saturated heterocycles. The van der Waals surface area contributed by atoms with Gasteiger partial charge in [0.1, 0.15) is 17.3 Å². The van der Waals surface area contributed by atoms with E-state index in [0.29, 0.717) is 28.5 Å². The van der Waals surface area contributed by atoms with Crippen LogP contribution in [0.4, 0.5) is 5.69 Å². The van der Waals surface area contributed by atoms with Crippen LogP contribution in [0.3, 0.4) is 0 Å². The van der Waals surface area contributed by atoms with Crippen molar-refractivity contribution in [2.45, 2.75) is 31.3 Å². The molecule has 4 aromatic rings. The minimum Gasteiger partial charge on any atom is -0.454 e. The van der Waals surface area contributed by atoms with Crippen molar-refractivity contribution in [3.05, 3.63) is 71.9 Å². The molecule has 2 aromatic carbocycles. The Morgan fingerprint density at radius 2 is 1.76 bits per heavy atom. The molecule has 7 heteroatoms. The third kappa shape index (κ3) is 4.42. The predicted octanol–water partition coefficient (Wildman–Crippen LogP) is 5.41. The third-order valence-corrected chi connectivity index (χ3v) is 7.87. The third-order valence-electron chi connectivity index (χ3n) is 7.87. The van der Waals surface area contributed by atoms with E-state index in [9.17, 15) is 10.1 Å². The van der Waals surface area contributed by atoms with Crippen LogP contribution in [0, 0.1) is 11.3 Å². The van der Waals surface area contributed by atoms with Crippen LogP contribution in [0.15, 0.2) is 65.2 Å². The van der Waals surface area contributed by atoms with E-state index >= 15 is 0 Å². The van der Waals surface area contributed by atoms with Gasteiger partial charge in [0.15, 0.2) is 5.58 Å². The van der Waals surface area contributed by atoms with Crippen LogP contribution >= 0.6 is 0 Å². The maximum atomic E-state index is 12.2. The number of pyridine rings is 1. The number of amides is 1. The van der Waals surface area contributed by atoms with Crippen LogP contribution < -0.4 is 4.90 Å². The lowest BCUT2D eigenvalue weighted by atomic mass is 10.0. The number of likely N-dealkylation sites (N-methyl/N-ethyl adjacent to an activating group) is 1. The molecule has 2 aromatic heterocycles. The van der Waals surface area contributed by atoms with Gasteiger partial charge in [-0.1, -0.05) is 18.2 Å². The number of aromatic nitrogens is 1. The molecular formula is C31H31N5O2. The predicted molar refractivity (Wildman–Crippen MR) is 149 cm³/mol. The summed E-state index contributed by atoms with van der Waals surface area (Å²) in [4.78, 5) is 23.2. The number of carbonyl (C=O) groups excluding carboxylic acids is 1. The molecule has 192 valence electrons. The van der Waals surface area contributed by atoms with Crippen molar-refractivity contribution >= 4 is 22.7 Å².